The van der Waals surface area contributed by atoms with Gasteiger partial charge in [-0.15, -0.1) is 12.4 Å². The van der Waals surface area contributed by atoms with E-state index < -0.39 is 11.4 Å². The van der Waals surface area contributed by atoms with E-state index in [9.17, 15) is 9.90 Å². The molecule has 0 bridgehead atoms. The molecular formula is C27H29ClN6O2. The number of hydrogen-bond donors (Lipinski definition) is 3. The van der Waals surface area contributed by atoms with Gasteiger partial charge in [0.05, 0.1) is 41.4 Å². The first-order valence-corrected chi connectivity index (χ1v) is 11.8. The molecule has 3 heterocycles. The summed E-state index contributed by atoms with van der Waals surface area (Å²) in [6.45, 7) is 6.71. The van der Waals surface area contributed by atoms with E-state index in [4.69, 9.17) is 4.98 Å². The third-order valence-electron chi connectivity index (χ3n) is 6.70. The molecular weight excluding hydrogens is 476 g/mol. The van der Waals surface area contributed by atoms with Crippen molar-refractivity contribution in [3.8, 4) is 22.4 Å². The number of carboxylic acids is 1. The Morgan fingerprint density at radius 1 is 1.11 bits per heavy atom. The predicted molar refractivity (Wildman–Crippen MR) is 141 cm³/mol. The maximum absolute atomic E-state index is 11.7. The molecule has 0 atom stereocenters. The minimum Gasteiger partial charge on any atom is -0.481 e. The van der Waals surface area contributed by atoms with Crippen molar-refractivity contribution in [1.29, 1.82) is 0 Å². The number of carboxylic acid groups (broad SMARTS) is 1. The molecule has 0 amide bonds. The Balaban J connectivity index is 0.00000304. The molecule has 36 heavy (non-hydrogen) atoms. The molecule has 9 heteroatoms. The average molecular weight is 505 g/mol. The lowest BCUT2D eigenvalue weighted by molar-refractivity contribution is -0.140. The first kappa shape index (κ1) is 25.3. The van der Waals surface area contributed by atoms with Crippen LogP contribution in [0.25, 0.3) is 22.4 Å². The summed E-state index contributed by atoms with van der Waals surface area (Å²) in [7, 11) is 0. The number of aromatic amines is 1. The van der Waals surface area contributed by atoms with Crippen LogP contribution >= 0.6 is 12.4 Å². The van der Waals surface area contributed by atoms with Crippen LogP contribution in [0, 0.1) is 6.92 Å². The Hall–Kier alpha value is -3.78. The number of aryl methyl sites for hydroxylation is 1. The summed E-state index contributed by atoms with van der Waals surface area (Å²) in [6.07, 6.45) is 8.53. The number of aromatic nitrogens is 5. The van der Waals surface area contributed by atoms with Crippen molar-refractivity contribution in [2.45, 2.75) is 51.5 Å². The zero-order valence-electron chi connectivity index (χ0n) is 20.4. The molecule has 3 aromatic heterocycles. The molecule has 5 rings (SSSR count). The first-order valence-electron chi connectivity index (χ1n) is 11.8. The Bertz CT molecular complexity index is 1380. The van der Waals surface area contributed by atoms with Gasteiger partial charge in [0.25, 0.3) is 0 Å². The van der Waals surface area contributed by atoms with Crippen molar-refractivity contribution in [3.63, 3.8) is 0 Å². The maximum Gasteiger partial charge on any atom is 0.314 e. The number of pyridine rings is 1. The molecule has 0 aliphatic heterocycles. The SMILES string of the molecule is Cc1cc(C2(C(=O)O)CC2)ccc1-c1ccc(-c2cn[nH]c2CNc2cncc(C(C)C)n2)nc1.Cl. The van der Waals surface area contributed by atoms with Crippen LogP contribution in [0.4, 0.5) is 5.82 Å². The highest BCUT2D eigenvalue weighted by Crippen LogP contribution is 2.49. The highest BCUT2D eigenvalue weighted by atomic mass is 35.5. The van der Waals surface area contributed by atoms with Gasteiger partial charge < -0.3 is 10.4 Å². The van der Waals surface area contributed by atoms with E-state index in [1.807, 2.05) is 43.5 Å². The van der Waals surface area contributed by atoms with Crippen LogP contribution in [0.15, 0.2) is 55.1 Å². The molecule has 0 radical (unpaired) electrons. The van der Waals surface area contributed by atoms with Crippen LogP contribution in [-0.2, 0) is 16.8 Å². The number of hydrogen-bond acceptors (Lipinski definition) is 6. The minimum atomic E-state index is -0.735. The topological polar surface area (TPSA) is 117 Å². The highest BCUT2D eigenvalue weighted by Gasteiger charge is 2.51. The van der Waals surface area contributed by atoms with Gasteiger partial charge in [-0.2, -0.15) is 5.10 Å². The van der Waals surface area contributed by atoms with E-state index in [0.717, 1.165) is 50.7 Å². The molecule has 1 fully saturated rings. The summed E-state index contributed by atoms with van der Waals surface area (Å²) >= 11 is 0. The normalized spacial score (nSPS) is 13.8. The van der Waals surface area contributed by atoms with Gasteiger partial charge in [-0.25, -0.2) is 4.98 Å². The largest absolute Gasteiger partial charge is 0.481 e. The number of nitrogens with zero attached hydrogens (tertiary/aromatic N) is 4. The van der Waals surface area contributed by atoms with Gasteiger partial charge in [-0.1, -0.05) is 38.1 Å². The molecule has 1 aliphatic carbocycles. The zero-order valence-corrected chi connectivity index (χ0v) is 21.3. The smallest absolute Gasteiger partial charge is 0.314 e. The van der Waals surface area contributed by atoms with Gasteiger partial charge in [0.1, 0.15) is 5.82 Å². The van der Waals surface area contributed by atoms with E-state index >= 15 is 0 Å². The fraction of sp³-hybridized carbons (Fsp3) is 0.296. The Labute approximate surface area is 216 Å². The summed E-state index contributed by atoms with van der Waals surface area (Å²) < 4.78 is 0. The molecule has 8 nitrogen and oxygen atoms in total. The lowest BCUT2D eigenvalue weighted by atomic mass is 9.91. The molecule has 4 aromatic rings. The number of H-pyrrole nitrogens is 1. The molecule has 186 valence electrons. The number of benzene rings is 1. The maximum atomic E-state index is 11.7. The Kier molecular flexibility index (Phi) is 7.08. The number of anilines is 1. The van der Waals surface area contributed by atoms with Crippen molar-refractivity contribution >= 4 is 24.2 Å². The number of halogens is 1. The van der Waals surface area contributed by atoms with Gasteiger partial charge in [-0.05, 0) is 48.4 Å². The summed E-state index contributed by atoms with van der Waals surface area (Å²) in [5.41, 5.74) is 6.85. The second-order valence-corrected chi connectivity index (χ2v) is 9.45. The van der Waals surface area contributed by atoms with Crippen LogP contribution in [-0.4, -0.2) is 36.2 Å². The van der Waals surface area contributed by atoms with Gasteiger partial charge in [0.2, 0.25) is 0 Å². The van der Waals surface area contributed by atoms with Crippen LogP contribution in [0.3, 0.4) is 0 Å². The number of carbonyl (C=O) groups is 1. The van der Waals surface area contributed by atoms with E-state index in [1.54, 1.807) is 18.6 Å². The predicted octanol–water partition coefficient (Wildman–Crippen LogP) is 5.51. The van der Waals surface area contributed by atoms with Gasteiger partial charge in [0.15, 0.2) is 0 Å². The standard InChI is InChI=1S/C27H28N6O2.ClH/c1-16(2)23-13-28-15-25(32-23)30-14-24-21(12-31-33-24)22-7-4-18(11-29-22)20-6-5-19(10-17(20)3)27(8-9-27)26(34)35;/h4-7,10-13,15-16H,8-9,14H2,1-3H3,(H,30,32)(H,31,33)(H,34,35);1H. The van der Waals surface area contributed by atoms with Crippen LogP contribution in [0.1, 0.15) is 55.1 Å². The van der Waals surface area contributed by atoms with E-state index in [2.05, 4.69) is 39.3 Å². The van der Waals surface area contributed by atoms with Gasteiger partial charge >= 0.3 is 5.97 Å². The van der Waals surface area contributed by atoms with Gasteiger partial charge in [-0.3, -0.25) is 19.9 Å². The van der Waals surface area contributed by atoms with Crippen LogP contribution in [0.2, 0.25) is 0 Å². The second kappa shape index (κ2) is 10.1. The number of aliphatic carboxylic acids is 1. The molecule has 1 aromatic carbocycles. The first-order chi connectivity index (χ1) is 16.9. The molecule has 0 unspecified atom stereocenters. The molecule has 1 aliphatic rings. The summed E-state index contributed by atoms with van der Waals surface area (Å²) in [5.74, 6) is 0.289. The van der Waals surface area contributed by atoms with Crippen molar-refractivity contribution in [3.05, 3.63) is 77.6 Å². The van der Waals surface area contributed by atoms with Gasteiger partial charge in [0, 0.05) is 23.5 Å². The van der Waals surface area contributed by atoms with Crippen molar-refractivity contribution in [1.82, 2.24) is 25.1 Å². The number of nitrogens with one attached hydrogen (secondary N) is 2. The third kappa shape index (κ3) is 4.81. The molecule has 0 saturated heterocycles. The fourth-order valence-electron chi connectivity index (χ4n) is 4.34. The zero-order chi connectivity index (χ0) is 24.6. The van der Waals surface area contributed by atoms with Crippen molar-refractivity contribution < 1.29 is 9.90 Å². The molecule has 0 spiro atoms. The number of rotatable bonds is 8. The summed E-state index contributed by atoms with van der Waals surface area (Å²) in [4.78, 5) is 25.2. The van der Waals surface area contributed by atoms with E-state index in [1.165, 1.54) is 0 Å². The van der Waals surface area contributed by atoms with Crippen molar-refractivity contribution in [2.75, 3.05) is 5.32 Å². The second-order valence-electron chi connectivity index (χ2n) is 9.45. The van der Waals surface area contributed by atoms with E-state index in [0.29, 0.717) is 25.3 Å². The Morgan fingerprint density at radius 3 is 2.56 bits per heavy atom. The third-order valence-corrected chi connectivity index (χ3v) is 6.70. The molecule has 3 N–H and O–H groups in total. The van der Waals surface area contributed by atoms with Crippen LogP contribution < -0.4 is 5.32 Å². The Morgan fingerprint density at radius 2 is 1.92 bits per heavy atom. The van der Waals surface area contributed by atoms with Crippen molar-refractivity contribution in [2.24, 2.45) is 0 Å². The minimum absolute atomic E-state index is 0. The monoisotopic (exact) mass is 504 g/mol. The lowest BCUT2D eigenvalue weighted by Gasteiger charge is -2.14. The van der Waals surface area contributed by atoms with E-state index in [-0.39, 0.29) is 12.4 Å². The summed E-state index contributed by atoms with van der Waals surface area (Å²) in [5, 5.41) is 20.2. The van der Waals surface area contributed by atoms with Crippen LogP contribution in [0.5, 0.6) is 0 Å². The quantitative estimate of drug-likeness (QED) is 0.289. The lowest BCUT2D eigenvalue weighted by Crippen LogP contribution is -2.19. The summed E-state index contributed by atoms with van der Waals surface area (Å²) in [6, 6.07) is 9.96. The highest BCUT2D eigenvalue weighted by molar-refractivity contribution is 5.86. The fourth-order valence-corrected chi connectivity index (χ4v) is 4.34. The average Bonchev–Trinajstić information content (AvgIpc) is 3.55. The molecule has 1 saturated carbocycles.